The zero-order valence-electron chi connectivity index (χ0n) is 16.5. The number of carbonyl (C=O) groups is 2. The molecule has 1 aromatic carbocycles. The topological polar surface area (TPSA) is 125 Å². The van der Waals surface area contributed by atoms with Crippen LogP contribution in [0.2, 0.25) is 0 Å². The third-order valence-corrected chi connectivity index (χ3v) is 4.36. The first-order valence-electron chi connectivity index (χ1n) is 8.90. The summed E-state index contributed by atoms with van der Waals surface area (Å²) in [6, 6.07) is 4.63. The van der Waals surface area contributed by atoms with Gasteiger partial charge in [-0.25, -0.2) is 4.79 Å². The molecule has 0 aliphatic rings. The molecular weight excluding hydrogens is 400 g/mol. The van der Waals surface area contributed by atoms with Crippen molar-refractivity contribution < 1.29 is 28.2 Å². The molecule has 0 aliphatic heterocycles. The molecule has 0 aliphatic carbocycles. The first kappa shape index (κ1) is 22.5. The molecule has 1 heterocycles. The third-order valence-electron chi connectivity index (χ3n) is 3.54. The van der Waals surface area contributed by atoms with Crippen LogP contribution >= 0.6 is 11.8 Å². The molecule has 0 unspecified atom stereocenters. The van der Waals surface area contributed by atoms with E-state index in [4.69, 9.17) is 18.6 Å². The second-order valence-corrected chi connectivity index (χ2v) is 6.54. The number of methoxy groups -OCH3 is 2. The molecule has 0 atom stereocenters. The van der Waals surface area contributed by atoms with Crippen molar-refractivity contribution in [2.75, 3.05) is 39.7 Å². The average Bonchev–Trinajstić information content (AvgIpc) is 3.21. The molecule has 29 heavy (non-hydrogen) atoms. The van der Waals surface area contributed by atoms with Gasteiger partial charge in [-0.1, -0.05) is 11.8 Å². The van der Waals surface area contributed by atoms with Gasteiger partial charge in [0, 0.05) is 31.4 Å². The summed E-state index contributed by atoms with van der Waals surface area (Å²) >= 11 is 1.03. The molecule has 10 nitrogen and oxygen atoms in total. The predicted molar refractivity (Wildman–Crippen MR) is 106 cm³/mol. The quantitative estimate of drug-likeness (QED) is 0.412. The molecular formula is C18H24N4O6S. The number of hydrogen-bond acceptors (Lipinski definition) is 9. The number of benzene rings is 1. The Morgan fingerprint density at radius 1 is 1.14 bits per heavy atom. The molecule has 3 amide bonds. The van der Waals surface area contributed by atoms with Crippen molar-refractivity contribution in [2.45, 2.75) is 18.6 Å². The number of nitrogens with one attached hydrogen (secondary N) is 2. The van der Waals surface area contributed by atoms with E-state index in [1.165, 1.54) is 0 Å². The summed E-state index contributed by atoms with van der Waals surface area (Å²) in [5, 5.41) is 12.9. The number of ether oxygens (including phenoxy) is 3. The van der Waals surface area contributed by atoms with Gasteiger partial charge in [-0.3, -0.25) is 10.1 Å². The highest BCUT2D eigenvalue weighted by atomic mass is 32.2. The van der Waals surface area contributed by atoms with Crippen molar-refractivity contribution in [1.82, 2.24) is 20.8 Å². The Morgan fingerprint density at radius 3 is 2.52 bits per heavy atom. The normalized spacial score (nSPS) is 10.4. The van der Waals surface area contributed by atoms with E-state index in [0.29, 0.717) is 43.2 Å². The molecule has 11 heteroatoms. The second kappa shape index (κ2) is 11.9. The highest BCUT2D eigenvalue weighted by Gasteiger charge is 2.14. The SMILES string of the molecule is CCOCCCNC(=O)NC(=O)CSc1nnc(-c2cc(OC)cc(OC)c2)o1. The first-order chi connectivity index (χ1) is 14.0. The number of rotatable bonds is 11. The monoisotopic (exact) mass is 424 g/mol. The van der Waals surface area contributed by atoms with Crippen molar-refractivity contribution in [3.63, 3.8) is 0 Å². The molecule has 0 spiro atoms. The Balaban J connectivity index is 1.81. The summed E-state index contributed by atoms with van der Waals surface area (Å²) in [5.74, 6) is 0.907. The molecule has 0 saturated heterocycles. The van der Waals surface area contributed by atoms with E-state index in [1.807, 2.05) is 6.92 Å². The minimum absolute atomic E-state index is 0.0462. The number of thioether (sulfide) groups is 1. The Hall–Kier alpha value is -2.79. The van der Waals surface area contributed by atoms with Gasteiger partial charge in [0.2, 0.25) is 11.8 Å². The van der Waals surface area contributed by atoms with E-state index >= 15 is 0 Å². The van der Waals surface area contributed by atoms with Gasteiger partial charge in [0.25, 0.3) is 5.22 Å². The van der Waals surface area contributed by atoms with Crippen molar-refractivity contribution in [1.29, 1.82) is 0 Å². The molecule has 0 fully saturated rings. The number of aromatic nitrogens is 2. The number of carbonyl (C=O) groups excluding carboxylic acids is 2. The fraction of sp³-hybridized carbons (Fsp3) is 0.444. The average molecular weight is 424 g/mol. The van der Waals surface area contributed by atoms with Gasteiger partial charge >= 0.3 is 6.03 Å². The van der Waals surface area contributed by atoms with Crippen LogP contribution in [0.25, 0.3) is 11.5 Å². The Bertz CT molecular complexity index is 791. The van der Waals surface area contributed by atoms with Gasteiger partial charge in [0.1, 0.15) is 11.5 Å². The summed E-state index contributed by atoms with van der Waals surface area (Å²) in [4.78, 5) is 23.5. The largest absolute Gasteiger partial charge is 0.497 e. The highest BCUT2D eigenvalue weighted by Crippen LogP contribution is 2.30. The molecule has 1 aromatic heterocycles. The maximum Gasteiger partial charge on any atom is 0.321 e. The maximum atomic E-state index is 11.9. The Morgan fingerprint density at radius 2 is 1.86 bits per heavy atom. The smallest absolute Gasteiger partial charge is 0.321 e. The Labute approximate surface area is 172 Å². The van der Waals surface area contributed by atoms with Crippen LogP contribution < -0.4 is 20.1 Å². The summed E-state index contributed by atoms with van der Waals surface area (Å²) in [7, 11) is 3.09. The number of amides is 3. The Kier molecular flexibility index (Phi) is 9.25. The first-order valence-corrected chi connectivity index (χ1v) is 9.89. The molecule has 158 valence electrons. The zero-order valence-corrected chi connectivity index (χ0v) is 17.3. The van der Waals surface area contributed by atoms with Gasteiger partial charge in [-0.05, 0) is 25.5 Å². The minimum Gasteiger partial charge on any atom is -0.497 e. The maximum absolute atomic E-state index is 11.9. The molecule has 0 radical (unpaired) electrons. The fourth-order valence-electron chi connectivity index (χ4n) is 2.17. The van der Waals surface area contributed by atoms with Crippen LogP contribution in [0, 0.1) is 0 Å². The van der Waals surface area contributed by atoms with Crippen LogP contribution in [0.1, 0.15) is 13.3 Å². The van der Waals surface area contributed by atoms with E-state index in [2.05, 4.69) is 20.8 Å². The third kappa shape index (κ3) is 7.62. The van der Waals surface area contributed by atoms with Crippen LogP contribution in [0.3, 0.4) is 0 Å². The lowest BCUT2D eigenvalue weighted by Crippen LogP contribution is -2.40. The van der Waals surface area contributed by atoms with Gasteiger partial charge < -0.3 is 23.9 Å². The van der Waals surface area contributed by atoms with Crippen molar-refractivity contribution in [2.24, 2.45) is 0 Å². The number of imide groups is 1. The molecule has 2 aromatic rings. The van der Waals surface area contributed by atoms with Gasteiger partial charge in [-0.2, -0.15) is 0 Å². The number of hydrogen-bond donors (Lipinski definition) is 2. The van der Waals surface area contributed by atoms with E-state index in [0.717, 1.165) is 11.8 Å². The lowest BCUT2D eigenvalue weighted by molar-refractivity contribution is -0.117. The van der Waals surface area contributed by atoms with Crippen LogP contribution in [-0.4, -0.2) is 61.9 Å². The van der Waals surface area contributed by atoms with E-state index in [-0.39, 0.29) is 16.9 Å². The number of nitrogens with zero attached hydrogens (tertiary/aromatic N) is 2. The molecule has 0 saturated carbocycles. The van der Waals surface area contributed by atoms with Gasteiger partial charge in [0.05, 0.1) is 20.0 Å². The summed E-state index contributed by atoms with van der Waals surface area (Å²) < 4.78 is 21.2. The van der Waals surface area contributed by atoms with Crippen LogP contribution in [0.4, 0.5) is 4.79 Å². The summed E-state index contributed by atoms with van der Waals surface area (Å²) in [6.45, 7) is 3.50. The molecule has 2 rings (SSSR count). The fourth-order valence-corrected chi connectivity index (χ4v) is 2.73. The summed E-state index contributed by atoms with van der Waals surface area (Å²) in [5.41, 5.74) is 0.622. The van der Waals surface area contributed by atoms with Crippen molar-refractivity contribution in [3.05, 3.63) is 18.2 Å². The second-order valence-electron chi connectivity index (χ2n) is 5.62. The molecule has 2 N–H and O–H groups in total. The van der Waals surface area contributed by atoms with E-state index in [9.17, 15) is 9.59 Å². The standard InChI is InChI=1S/C18H24N4O6S/c1-4-27-7-5-6-19-17(24)20-15(23)11-29-18-22-21-16(28-18)12-8-13(25-2)10-14(9-12)26-3/h8-10H,4-7,11H2,1-3H3,(H2,19,20,23,24). The lowest BCUT2D eigenvalue weighted by atomic mass is 10.2. The lowest BCUT2D eigenvalue weighted by Gasteiger charge is -2.06. The van der Waals surface area contributed by atoms with Crippen LogP contribution in [0.5, 0.6) is 11.5 Å². The van der Waals surface area contributed by atoms with Crippen LogP contribution in [0.15, 0.2) is 27.8 Å². The molecule has 0 bridgehead atoms. The van der Waals surface area contributed by atoms with Crippen molar-refractivity contribution >= 4 is 23.7 Å². The number of urea groups is 1. The summed E-state index contributed by atoms with van der Waals surface area (Å²) in [6.07, 6.45) is 0.671. The highest BCUT2D eigenvalue weighted by molar-refractivity contribution is 7.99. The van der Waals surface area contributed by atoms with Gasteiger partial charge in [-0.15, -0.1) is 10.2 Å². The van der Waals surface area contributed by atoms with E-state index < -0.39 is 11.9 Å². The van der Waals surface area contributed by atoms with E-state index in [1.54, 1.807) is 32.4 Å². The predicted octanol–water partition coefficient (Wildman–Crippen LogP) is 2.10. The van der Waals surface area contributed by atoms with Gasteiger partial charge in [0.15, 0.2) is 0 Å². The zero-order chi connectivity index (χ0) is 21.1. The van der Waals surface area contributed by atoms with Crippen molar-refractivity contribution in [3.8, 4) is 23.0 Å². The van der Waals surface area contributed by atoms with Crippen LogP contribution in [-0.2, 0) is 9.53 Å². The minimum atomic E-state index is -0.554.